The van der Waals surface area contributed by atoms with Gasteiger partial charge in [-0.15, -0.1) is 0 Å². The van der Waals surface area contributed by atoms with E-state index in [0.29, 0.717) is 0 Å². The summed E-state index contributed by atoms with van der Waals surface area (Å²) < 4.78 is 11.1. The van der Waals surface area contributed by atoms with Gasteiger partial charge in [0.15, 0.2) is 0 Å². The molecule has 0 aromatic heterocycles. The second-order valence-corrected chi connectivity index (χ2v) is 7.63. The second-order valence-electron chi connectivity index (χ2n) is 7.63. The summed E-state index contributed by atoms with van der Waals surface area (Å²) in [6.07, 6.45) is 2.24. The molecule has 1 aliphatic heterocycles. The minimum Gasteiger partial charge on any atom is -0.497 e. The molecule has 0 radical (unpaired) electrons. The highest BCUT2D eigenvalue weighted by Crippen LogP contribution is 2.40. The Morgan fingerprint density at radius 2 is 1.64 bits per heavy atom. The average molecular weight is 383 g/mol. The summed E-state index contributed by atoms with van der Waals surface area (Å²) in [4.78, 5) is 5.03. The van der Waals surface area contributed by atoms with E-state index < -0.39 is 0 Å². The van der Waals surface area contributed by atoms with Crippen molar-refractivity contribution in [1.82, 2.24) is 4.90 Å². The first-order chi connectivity index (χ1) is 13.7. The predicted molar refractivity (Wildman–Crippen MR) is 117 cm³/mol. The summed E-state index contributed by atoms with van der Waals surface area (Å²) in [6, 6.07) is 17.0. The Morgan fingerprint density at radius 1 is 0.929 bits per heavy atom. The zero-order valence-corrected chi connectivity index (χ0v) is 17.8. The van der Waals surface area contributed by atoms with E-state index in [1.54, 1.807) is 14.2 Å². The Morgan fingerprint density at radius 3 is 2.29 bits per heavy atom. The molecule has 1 saturated heterocycles. The van der Waals surface area contributed by atoms with Gasteiger partial charge in [0.1, 0.15) is 11.5 Å². The highest BCUT2D eigenvalue weighted by molar-refractivity contribution is 5.59. The zero-order chi connectivity index (χ0) is 20.0. The molecule has 3 rings (SSSR count). The minimum absolute atomic E-state index is 0.152. The molecule has 0 atom stereocenters. The van der Waals surface area contributed by atoms with E-state index in [9.17, 15) is 0 Å². The molecule has 0 unspecified atom stereocenters. The lowest BCUT2D eigenvalue weighted by atomic mass is 9.72. The quantitative estimate of drug-likeness (QED) is 0.667. The van der Waals surface area contributed by atoms with Crippen LogP contribution in [0.4, 0.5) is 5.69 Å². The van der Waals surface area contributed by atoms with Crippen molar-refractivity contribution in [1.29, 1.82) is 0 Å². The van der Waals surface area contributed by atoms with Gasteiger partial charge in [0.05, 0.1) is 19.9 Å². The average Bonchev–Trinajstić information content (AvgIpc) is 2.78. The smallest absolute Gasteiger partial charge is 0.142 e. The van der Waals surface area contributed by atoms with Gasteiger partial charge in [0.25, 0.3) is 0 Å². The summed E-state index contributed by atoms with van der Waals surface area (Å²) in [5, 5.41) is 0. The van der Waals surface area contributed by atoms with Gasteiger partial charge in [0.2, 0.25) is 0 Å². The summed E-state index contributed by atoms with van der Waals surface area (Å²) in [5.41, 5.74) is 2.75. The number of ether oxygens (including phenoxy) is 2. The number of methoxy groups -OCH3 is 2. The third-order valence-electron chi connectivity index (χ3n) is 6.25. The Balaban J connectivity index is 1.87. The van der Waals surface area contributed by atoms with Crippen LogP contribution in [0, 0.1) is 0 Å². The molecule has 1 aliphatic rings. The molecule has 0 bridgehead atoms. The molecule has 4 heteroatoms. The highest BCUT2D eigenvalue weighted by atomic mass is 16.5. The van der Waals surface area contributed by atoms with Crippen LogP contribution in [-0.4, -0.2) is 51.8 Å². The lowest BCUT2D eigenvalue weighted by Crippen LogP contribution is -2.49. The standard InChI is InChI=1S/C24H34N2O2/c1-5-25(6-2)19-24(20-10-9-11-21(18-20)27-3)14-16-26(17-15-24)22-12-7-8-13-23(22)28-4/h7-13,18H,5-6,14-17,19H2,1-4H3. The molecular formula is C24H34N2O2. The highest BCUT2D eigenvalue weighted by Gasteiger charge is 2.38. The zero-order valence-electron chi connectivity index (χ0n) is 17.8. The van der Waals surface area contributed by atoms with Crippen LogP contribution < -0.4 is 14.4 Å². The van der Waals surface area contributed by atoms with Gasteiger partial charge < -0.3 is 19.3 Å². The van der Waals surface area contributed by atoms with Crippen LogP contribution in [0.2, 0.25) is 0 Å². The van der Waals surface area contributed by atoms with E-state index in [-0.39, 0.29) is 5.41 Å². The number of nitrogens with zero attached hydrogens (tertiary/aromatic N) is 2. The molecule has 0 amide bonds. The fraction of sp³-hybridized carbons (Fsp3) is 0.500. The van der Waals surface area contributed by atoms with Crippen molar-refractivity contribution >= 4 is 5.69 Å². The van der Waals surface area contributed by atoms with Gasteiger partial charge in [0, 0.05) is 25.0 Å². The first-order valence-electron chi connectivity index (χ1n) is 10.4. The Kier molecular flexibility index (Phi) is 6.84. The molecule has 1 heterocycles. The number of hydrogen-bond donors (Lipinski definition) is 0. The Labute approximate surface area is 170 Å². The molecule has 1 fully saturated rings. The van der Waals surface area contributed by atoms with Crippen LogP contribution in [0.25, 0.3) is 0 Å². The van der Waals surface area contributed by atoms with E-state index >= 15 is 0 Å². The van der Waals surface area contributed by atoms with Crippen molar-refractivity contribution in [3.8, 4) is 11.5 Å². The summed E-state index contributed by atoms with van der Waals surface area (Å²) in [5.74, 6) is 1.91. The molecule has 2 aromatic carbocycles. The molecule has 152 valence electrons. The molecular weight excluding hydrogens is 348 g/mol. The summed E-state index contributed by atoms with van der Waals surface area (Å²) in [6.45, 7) is 9.82. The number of hydrogen-bond acceptors (Lipinski definition) is 4. The van der Waals surface area contributed by atoms with Crippen molar-refractivity contribution in [2.75, 3.05) is 51.8 Å². The lowest BCUT2D eigenvalue weighted by molar-refractivity contribution is 0.193. The second kappa shape index (κ2) is 9.33. The van der Waals surface area contributed by atoms with E-state index in [2.05, 4.69) is 60.0 Å². The Hall–Kier alpha value is -2.20. The SMILES string of the molecule is CCN(CC)CC1(c2cccc(OC)c2)CCN(c2ccccc2OC)CC1. The van der Waals surface area contributed by atoms with Crippen molar-refractivity contribution in [2.45, 2.75) is 32.1 Å². The van der Waals surface area contributed by atoms with Crippen LogP contribution in [0.15, 0.2) is 48.5 Å². The van der Waals surface area contributed by atoms with Crippen LogP contribution in [-0.2, 0) is 5.41 Å². The predicted octanol–water partition coefficient (Wildman–Crippen LogP) is 4.58. The van der Waals surface area contributed by atoms with Crippen molar-refractivity contribution in [3.63, 3.8) is 0 Å². The van der Waals surface area contributed by atoms with Gasteiger partial charge in [-0.2, -0.15) is 0 Å². The number of para-hydroxylation sites is 2. The van der Waals surface area contributed by atoms with Gasteiger partial charge in [-0.05, 0) is 55.8 Å². The first-order valence-corrected chi connectivity index (χ1v) is 10.4. The molecule has 0 aliphatic carbocycles. The summed E-state index contributed by atoms with van der Waals surface area (Å²) >= 11 is 0. The van der Waals surface area contributed by atoms with Gasteiger partial charge in [-0.3, -0.25) is 0 Å². The van der Waals surface area contributed by atoms with Crippen molar-refractivity contribution < 1.29 is 9.47 Å². The number of likely N-dealkylation sites (N-methyl/N-ethyl adjacent to an activating group) is 1. The molecule has 0 N–H and O–H groups in total. The maximum Gasteiger partial charge on any atom is 0.142 e. The molecule has 0 spiro atoms. The van der Waals surface area contributed by atoms with Gasteiger partial charge >= 0.3 is 0 Å². The normalized spacial score (nSPS) is 16.2. The molecule has 4 nitrogen and oxygen atoms in total. The van der Waals surface area contributed by atoms with E-state index in [1.165, 1.54) is 11.3 Å². The number of rotatable bonds is 8. The maximum absolute atomic E-state index is 5.60. The minimum atomic E-state index is 0.152. The monoisotopic (exact) mass is 382 g/mol. The van der Waals surface area contributed by atoms with E-state index in [4.69, 9.17) is 9.47 Å². The summed E-state index contributed by atoms with van der Waals surface area (Å²) in [7, 11) is 3.50. The van der Waals surface area contributed by atoms with Gasteiger partial charge in [-0.25, -0.2) is 0 Å². The van der Waals surface area contributed by atoms with Crippen molar-refractivity contribution in [3.05, 3.63) is 54.1 Å². The maximum atomic E-state index is 5.60. The topological polar surface area (TPSA) is 24.9 Å². The van der Waals surface area contributed by atoms with Crippen LogP contribution in [0.5, 0.6) is 11.5 Å². The van der Waals surface area contributed by atoms with Crippen LogP contribution in [0.3, 0.4) is 0 Å². The number of anilines is 1. The fourth-order valence-electron chi connectivity index (χ4n) is 4.43. The molecule has 0 saturated carbocycles. The number of benzene rings is 2. The van der Waals surface area contributed by atoms with Crippen LogP contribution >= 0.6 is 0 Å². The van der Waals surface area contributed by atoms with Crippen LogP contribution in [0.1, 0.15) is 32.3 Å². The molecule has 2 aromatic rings. The third kappa shape index (κ3) is 4.27. The first kappa shape index (κ1) is 20.5. The lowest BCUT2D eigenvalue weighted by Gasteiger charge is -2.45. The molecule has 28 heavy (non-hydrogen) atoms. The van der Waals surface area contributed by atoms with E-state index in [0.717, 1.165) is 57.1 Å². The van der Waals surface area contributed by atoms with Crippen molar-refractivity contribution in [2.24, 2.45) is 0 Å². The largest absolute Gasteiger partial charge is 0.497 e. The third-order valence-corrected chi connectivity index (χ3v) is 6.25. The van der Waals surface area contributed by atoms with E-state index in [1.807, 2.05) is 12.1 Å². The van der Waals surface area contributed by atoms with Gasteiger partial charge in [-0.1, -0.05) is 38.1 Å². The fourth-order valence-corrected chi connectivity index (χ4v) is 4.43. The Bertz CT molecular complexity index is 750. The number of piperidine rings is 1.